The van der Waals surface area contributed by atoms with Crippen LogP contribution in [-0.4, -0.2) is 16.7 Å². The second-order valence-corrected chi connectivity index (χ2v) is 7.22. The van der Waals surface area contributed by atoms with Gasteiger partial charge in [0.1, 0.15) is 5.75 Å². The largest absolute Gasteiger partial charge is 0.494 e. The maximum atomic E-state index is 12.1. The fourth-order valence-corrected chi connectivity index (χ4v) is 2.84. The maximum absolute atomic E-state index is 12.1. The molecule has 1 unspecified atom stereocenters. The summed E-state index contributed by atoms with van der Waals surface area (Å²) < 4.78 is 42.6. The summed E-state index contributed by atoms with van der Waals surface area (Å²) in [6.45, 7) is 0.552. The van der Waals surface area contributed by atoms with Crippen LogP contribution in [0, 0.1) is 3.57 Å². The van der Waals surface area contributed by atoms with Crippen molar-refractivity contribution in [3.63, 3.8) is 0 Å². The van der Waals surface area contributed by atoms with E-state index in [0.29, 0.717) is 13.0 Å². The summed E-state index contributed by atoms with van der Waals surface area (Å²) in [5.41, 5.74) is 0. The van der Waals surface area contributed by atoms with Crippen LogP contribution in [0.2, 0.25) is 0 Å². The van der Waals surface area contributed by atoms with E-state index < -0.39 is 12.6 Å². The summed E-state index contributed by atoms with van der Waals surface area (Å²) in [6.07, 6.45) is -2.64. The van der Waals surface area contributed by atoms with Crippen molar-refractivity contribution in [2.24, 2.45) is 0 Å². The summed E-state index contributed by atoms with van der Waals surface area (Å²) >= 11 is 4.09. The Morgan fingerprint density at radius 1 is 1.11 bits per heavy atom. The molecule has 19 heavy (non-hydrogen) atoms. The Bertz CT molecular complexity index is 365. The standard InChI is InChI=1S/C13H15F3I2O/c14-13(15,16)9-11(18)3-1-2-8-19-12-6-4-10(17)5-7-12/h4-7,11H,1-3,8-9H2. The molecule has 0 saturated carbocycles. The normalized spacial score (nSPS) is 13.3. The molecule has 1 atom stereocenters. The van der Waals surface area contributed by atoms with E-state index in [1.54, 1.807) is 0 Å². The van der Waals surface area contributed by atoms with Gasteiger partial charge in [0.2, 0.25) is 0 Å². The minimum atomic E-state index is -4.05. The molecular formula is C13H15F3I2O. The highest BCUT2D eigenvalue weighted by atomic mass is 127. The van der Waals surface area contributed by atoms with Gasteiger partial charge in [0, 0.05) is 7.49 Å². The number of benzene rings is 1. The molecule has 1 nitrogen and oxygen atoms in total. The molecule has 0 saturated heterocycles. The fourth-order valence-electron chi connectivity index (χ4n) is 1.54. The highest BCUT2D eigenvalue weighted by Gasteiger charge is 2.30. The molecule has 0 fully saturated rings. The first-order valence-corrected chi connectivity index (χ1v) is 8.28. The van der Waals surface area contributed by atoms with Gasteiger partial charge in [-0.15, -0.1) is 0 Å². The lowest BCUT2D eigenvalue weighted by Gasteiger charge is -2.12. The molecule has 0 amide bonds. The predicted molar refractivity (Wildman–Crippen MR) is 87.0 cm³/mol. The van der Waals surface area contributed by atoms with E-state index in [1.165, 1.54) is 0 Å². The first-order valence-electron chi connectivity index (χ1n) is 5.96. The van der Waals surface area contributed by atoms with Crippen LogP contribution >= 0.6 is 45.2 Å². The molecule has 108 valence electrons. The second kappa shape index (κ2) is 8.53. The van der Waals surface area contributed by atoms with Gasteiger partial charge >= 0.3 is 6.18 Å². The number of hydrogen-bond acceptors (Lipinski definition) is 1. The van der Waals surface area contributed by atoms with Crippen molar-refractivity contribution in [2.45, 2.75) is 35.8 Å². The summed E-state index contributed by atoms with van der Waals surface area (Å²) in [5.74, 6) is 0.807. The van der Waals surface area contributed by atoms with Gasteiger partial charge < -0.3 is 4.74 Å². The van der Waals surface area contributed by atoms with Crippen LogP contribution in [0.5, 0.6) is 5.75 Å². The fraction of sp³-hybridized carbons (Fsp3) is 0.538. The molecule has 0 aromatic heterocycles. The van der Waals surface area contributed by atoms with E-state index in [-0.39, 0.29) is 3.92 Å². The molecule has 1 rings (SSSR count). The monoisotopic (exact) mass is 498 g/mol. The third-order valence-corrected chi connectivity index (χ3v) is 4.23. The van der Waals surface area contributed by atoms with E-state index in [0.717, 1.165) is 22.2 Å². The molecule has 0 spiro atoms. The van der Waals surface area contributed by atoms with Crippen molar-refractivity contribution in [1.82, 2.24) is 0 Å². The van der Waals surface area contributed by atoms with Crippen molar-refractivity contribution in [3.05, 3.63) is 27.8 Å². The molecule has 0 aliphatic heterocycles. The Morgan fingerprint density at radius 3 is 2.32 bits per heavy atom. The van der Waals surface area contributed by atoms with Crippen LogP contribution in [0.15, 0.2) is 24.3 Å². The van der Waals surface area contributed by atoms with Crippen molar-refractivity contribution < 1.29 is 17.9 Å². The van der Waals surface area contributed by atoms with E-state index in [9.17, 15) is 13.2 Å². The number of unbranched alkanes of at least 4 members (excludes halogenated alkanes) is 1. The van der Waals surface area contributed by atoms with Crippen molar-refractivity contribution in [2.75, 3.05) is 6.61 Å². The van der Waals surface area contributed by atoms with E-state index in [4.69, 9.17) is 4.74 Å². The first-order chi connectivity index (χ1) is 8.87. The van der Waals surface area contributed by atoms with Crippen LogP contribution in [0.25, 0.3) is 0 Å². The van der Waals surface area contributed by atoms with Crippen molar-refractivity contribution in [1.29, 1.82) is 0 Å². The number of hydrogen-bond donors (Lipinski definition) is 0. The zero-order valence-corrected chi connectivity index (χ0v) is 14.5. The van der Waals surface area contributed by atoms with Crippen LogP contribution in [0.3, 0.4) is 0 Å². The second-order valence-electron chi connectivity index (χ2n) is 4.21. The van der Waals surface area contributed by atoms with Crippen molar-refractivity contribution in [3.8, 4) is 5.75 Å². The highest BCUT2D eigenvalue weighted by molar-refractivity contribution is 14.1. The Kier molecular flexibility index (Phi) is 7.78. The predicted octanol–water partition coefficient (Wildman–Crippen LogP) is 5.60. The van der Waals surface area contributed by atoms with Gasteiger partial charge in [-0.1, -0.05) is 22.6 Å². The summed E-state index contributed by atoms with van der Waals surface area (Å²) in [5, 5.41) is 0. The van der Waals surface area contributed by atoms with E-state index >= 15 is 0 Å². The molecule has 0 aliphatic rings. The maximum Gasteiger partial charge on any atom is 0.390 e. The lowest BCUT2D eigenvalue weighted by molar-refractivity contribution is -0.133. The Labute approximate surface area is 138 Å². The molecular weight excluding hydrogens is 483 g/mol. The summed E-state index contributed by atoms with van der Waals surface area (Å²) in [7, 11) is 0. The molecule has 0 aliphatic carbocycles. The molecule has 1 aromatic carbocycles. The topological polar surface area (TPSA) is 9.23 Å². The Balaban J connectivity index is 2.09. The molecule has 6 heteroatoms. The lowest BCUT2D eigenvalue weighted by atomic mass is 10.1. The third kappa shape index (κ3) is 8.93. The molecule has 0 radical (unpaired) electrons. The van der Waals surface area contributed by atoms with Gasteiger partial charge in [0.15, 0.2) is 0 Å². The quantitative estimate of drug-likeness (QED) is 0.271. The number of rotatable bonds is 7. The van der Waals surface area contributed by atoms with Gasteiger partial charge in [0.05, 0.1) is 13.0 Å². The number of halogens is 5. The van der Waals surface area contributed by atoms with Crippen LogP contribution < -0.4 is 4.74 Å². The number of alkyl halides is 4. The van der Waals surface area contributed by atoms with E-state index in [2.05, 4.69) is 22.6 Å². The van der Waals surface area contributed by atoms with Crippen LogP contribution in [0.1, 0.15) is 25.7 Å². The van der Waals surface area contributed by atoms with Gasteiger partial charge in [0.25, 0.3) is 0 Å². The van der Waals surface area contributed by atoms with Crippen molar-refractivity contribution >= 4 is 45.2 Å². The third-order valence-electron chi connectivity index (χ3n) is 2.45. The molecule has 1 aromatic rings. The zero-order valence-electron chi connectivity index (χ0n) is 10.2. The van der Waals surface area contributed by atoms with Gasteiger partial charge in [-0.25, -0.2) is 0 Å². The van der Waals surface area contributed by atoms with Gasteiger partial charge in [-0.05, 0) is 66.1 Å². The summed E-state index contributed by atoms with van der Waals surface area (Å²) in [6, 6.07) is 7.71. The van der Waals surface area contributed by atoms with Gasteiger partial charge in [-0.3, -0.25) is 0 Å². The minimum absolute atomic E-state index is 0.337. The average molecular weight is 498 g/mol. The smallest absolute Gasteiger partial charge is 0.390 e. The van der Waals surface area contributed by atoms with Gasteiger partial charge in [-0.2, -0.15) is 13.2 Å². The van der Waals surface area contributed by atoms with Crippen LogP contribution in [-0.2, 0) is 0 Å². The SMILES string of the molecule is FC(F)(F)CC(I)CCCCOc1ccc(I)cc1. The highest BCUT2D eigenvalue weighted by Crippen LogP contribution is 2.28. The summed E-state index contributed by atoms with van der Waals surface area (Å²) in [4.78, 5) is 0. The number of ether oxygens (including phenoxy) is 1. The Morgan fingerprint density at radius 2 is 1.74 bits per heavy atom. The Hall–Kier alpha value is 0.270. The molecule has 0 heterocycles. The first kappa shape index (κ1) is 17.3. The average Bonchev–Trinajstić information content (AvgIpc) is 2.29. The lowest BCUT2D eigenvalue weighted by Crippen LogP contribution is -2.14. The molecule has 0 bridgehead atoms. The zero-order chi connectivity index (χ0) is 14.3. The van der Waals surface area contributed by atoms with E-state index in [1.807, 2.05) is 46.9 Å². The molecule has 0 N–H and O–H groups in total. The van der Waals surface area contributed by atoms with Crippen LogP contribution in [0.4, 0.5) is 13.2 Å². The minimum Gasteiger partial charge on any atom is -0.494 e.